The number of fused-ring (bicyclic) bond motifs is 3. The monoisotopic (exact) mass is 302 g/mol. The van der Waals surface area contributed by atoms with E-state index in [1.165, 1.54) is 6.92 Å². The van der Waals surface area contributed by atoms with E-state index in [0.717, 1.165) is 16.7 Å². The molecule has 0 saturated heterocycles. The lowest BCUT2D eigenvalue weighted by molar-refractivity contribution is -0.144. The SMILES string of the molecule is CC(=O)O[C@@H]1CCC2=CC(OC2=O)c2c(C)coc2C=C1C. The van der Waals surface area contributed by atoms with Crippen LogP contribution < -0.4 is 0 Å². The Bertz CT molecular complexity index is 692. The van der Waals surface area contributed by atoms with Crippen LogP contribution in [0.3, 0.4) is 0 Å². The molecule has 3 rings (SSSR count). The number of carbonyl (C=O) groups is 2. The third kappa shape index (κ3) is 2.58. The van der Waals surface area contributed by atoms with Gasteiger partial charge in [0.1, 0.15) is 11.9 Å². The number of esters is 2. The second-order valence-corrected chi connectivity index (χ2v) is 5.74. The molecule has 0 saturated carbocycles. The van der Waals surface area contributed by atoms with Gasteiger partial charge in [0.25, 0.3) is 0 Å². The number of hydrogen-bond donors (Lipinski definition) is 0. The summed E-state index contributed by atoms with van der Waals surface area (Å²) >= 11 is 0. The second kappa shape index (κ2) is 5.48. The van der Waals surface area contributed by atoms with Crippen molar-refractivity contribution in [3.8, 4) is 0 Å². The van der Waals surface area contributed by atoms with Gasteiger partial charge in [0, 0.05) is 18.1 Å². The van der Waals surface area contributed by atoms with Gasteiger partial charge in [-0.2, -0.15) is 0 Å². The molecular formula is C17H18O5. The molecule has 0 aromatic carbocycles. The van der Waals surface area contributed by atoms with Crippen molar-refractivity contribution in [1.29, 1.82) is 0 Å². The van der Waals surface area contributed by atoms with E-state index in [4.69, 9.17) is 13.9 Å². The standard InChI is InChI=1S/C17H18O5/c1-9-6-14-16(10(2)8-20-14)15-7-12(17(19)22-15)4-5-13(9)21-11(3)18/h6-8,13,15H,4-5H2,1-3H3/t13-,15?/m1/s1. The lowest BCUT2D eigenvalue weighted by Gasteiger charge is -2.18. The predicted octanol–water partition coefficient (Wildman–Crippen LogP) is 3.24. The van der Waals surface area contributed by atoms with Gasteiger partial charge >= 0.3 is 11.9 Å². The number of furan rings is 1. The molecular weight excluding hydrogens is 284 g/mol. The minimum atomic E-state index is -0.398. The number of ether oxygens (including phenoxy) is 2. The van der Waals surface area contributed by atoms with Crippen LogP contribution >= 0.6 is 0 Å². The Balaban J connectivity index is 2.06. The van der Waals surface area contributed by atoms with Gasteiger partial charge in [0.05, 0.1) is 6.26 Å². The third-order valence-corrected chi connectivity index (χ3v) is 4.04. The van der Waals surface area contributed by atoms with Crippen LogP contribution in [0.4, 0.5) is 0 Å². The quantitative estimate of drug-likeness (QED) is 0.745. The largest absolute Gasteiger partial charge is 0.464 e. The first-order valence-corrected chi connectivity index (χ1v) is 7.30. The highest BCUT2D eigenvalue weighted by molar-refractivity contribution is 5.91. The minimum Gasteiger partial charge on any atom is -0.464 e. The van der Waals surface area contributed by atoms with Gasteiger partial charge in [-0.15, -0.1) is 0 Å². The molecule has 0 N–H and O–H groups in total. The normalized spacial score (nSPS) is 24.0. The molecule has 1 unspecified atom stereocenters. The molecule has 1 aromatic heterocycles. The molecule has 116 valence electrons. The minimum absolute atomic E-state index is 0.308. The summed E-state index contributed by atoms with van der Waals surface area (Å²) in [7, 11) is 0. The fourth-order valence-corrected chi connectivity index (χ4v) is 2.92. The molecule has 2 bridgehead atoms. The smallest absolute Gasteiger partial charge is 0.334 e. The van der Waals surface area contributed by atoms with E-state index < -0.39 is 6.10 Å². The molecule has 22 heavy (non-hydrogen) atoms. The molecule has 0 spiro atoms. The van der Waals surface area contributed by atoms with Crippen LogP contribution in [0.5, 0.6) is 0 Å². The first-order valence-electron chi connectivity index (χ1n) is 7.30. The maximum Gasteiger partial charge on any atom is 0.334 e. The van der Waals surface area contributed by atoms with Crippen molar-refractivity contribution >= 4 is 18.0 Å². The van der Waals surface area contributed by atoms with Crippen LogP contribution in [-0.2, 0) is 19.1 Å². The molecule has 0 radical (unpaired) electrons. The van der Waals surface area contributed by atoms with Crippen molar-refractivity contribution in [3.63, 3.8) is 0 Å². The third-order valence-electron chi connectivity index (χ3n) is 4.04. The summed E-state index contributed by atoms with van der Waals surface area (Å²) < 4.78 is 16.4. The van der Waals surface area contributed by atoms with Crippen molar-refractivity contribution in [2.45, 2.75) is 45.8 Å². The summed E-state index contributed by atoms with van der Waals surface area (Å²) in [4.78, 5) is 23.3. The Hall–Kier alpha value is -2.30. The number of aryl methyl sites for hydroxylation is 1. The summed E-state index contributed by atoms with van der Waals surface area (Å²) in [6.45, 7) is 5.20. The summed E-state index contributed by atoms with van der Waals surface area (Å²) in [5.74, 6) is -0.00598. The van der Waals surface area contributed by atoms with Crippen molar-refractivity contribution in [2.24, 2.45) is 0 Å². The molecule has 5 heteroatoms. The van der Waals surface area contributed by atoms with Gasteiger partial charge in [-0.25, -0.2) is 4.79 Å². The fraction of sp³-hybridized carbons (Fsp3) is 0.412. The van der Waals surface area contributed by atoms with E-state index in [2.05, 4.69) is 0 Å². The molecule has 2 heterocycles. The number of hydrogen-bond acceptors (Lipinski definition) is 5. The lowest BCUT2D eigenvalue weighted by atomic mass is 9.96. The van der Waals surface area contributed by atoms with Gasteiger partial charge in [-0.3, -0.25) is 4.79 Å². The Labute approximate surface area is 128 Å². The van der Waals surface area contributed by atoms with Crippen LogP contribution in [0, 0.1) is 6.92 Å². The van der Waals surface area contributed by atoms with Crippen LogP contribution in [0.15, 0.2) is 27.9 Å². The molecule has 2 atom stereocenters. The summed E-state index contributed by atoms with van der Waals surface area (Å²) in [5, 5.41) is 0. The van der Waals surface area contributed by atoms with Crippen LogP contribution in [0.1, 0.15) is 49.7 Å². The van der Waals surface area contributed by atoms with E-state index in [0.29, 0.717) is 24.2 Å². The van der Waals surface area contributed by atoms with Crippen molar-refractivity contribution < 1.29 is 23.5 Å². The zero-order chi connectivity index (χ0) is 15.9. The number of carbonyl (C=O) groups excluding carboxylic acids is 2. The average Bonchev–Trinajstić information content (AvgIpc) is 2.97. The van der Waals surface area contributed by atoms with Crippen LogP contribution in [0.25, 0.3) is 6.08 Å². The van der Waals surface area contributed by atoms with E-state index >= 15 is 0 Å². The Kier molecular flexibility index (Phi) is 3.64. The van der Waals surface area contributed by atoms with E-state index in [1.54, 1.807) is 6.26 Å². The highest BCUT2D eigenvalue weighted by Gasteiger charge is 2.32. The molecule has 1 aromatic rings. The van der Waals surface area contributed by atoms with Gasteiger partial charge < -0.3 is 13.9 Å². The summed E-state index contributed by atoms with van der Waals surface area (Å²) in [5.41, 5.74) is 3.30. The molecule has 1 aliphatic carbocycles. The number of rotatable bonds is 1. The van der Waals surface area contributed by atoms with Crippen molar-refractivity contribution in [1.82, 2.24) is 0 Å². The summed E-state index contributed by atoms with van der Waals surface area (Å²) in [6.07, 6.45) is 5.64. The molecule has 5 nitrogen and oxygen atoms in total. The van der Waals surface area contributed by atoms with Crippen LogP contribution in [0.2, 0.25) is 0 Å². The highest BCUT2D eigenvalue weighted by atomic mass is 16.6. The average molecular weight is 302 g/mol. The van der Waals surface area contributed by atoms with Crippen LogP contribution in [-0.4, -0.2) is 18.0 Å². The molecule has 2 aliphatic rings. The first-order chi connectivity index (χ1) is 10.5. The van der Waals surface area contributed by atoms with Gasteiger partial charge in [0.2, 0.25) is 0 Å². The van der Waals surface area contributed by atoms with Gasteiger partial charge in [-0.1, -0.05) is 0 Å². The molecule has 0 amide bonds. The Morgan fingerprint density at radius 3 is 2.86 bits per heavy atom. The van der Waals surface area contributed by atoms with E-state index in [1.807, 2.05) is 26.0 Å². The van der Waals surface area contributed by atoms with E-state index in [9.17, 15) is 9.59 Å². The predicted molar refractivity (Wildman–Crippen MR) is 78.8 cm³/mol. The van der Waals surface area contributed by atoms with Crippen molar-refractivity contribution in [2.75, 3.05) is 0 Å². The second-order valence-electron chi connectivity index (χ2n) is 5.74. The van der Waals surface area contributed by atoms with Gasteiger partial charge in [-0.05, 0) is 50.0 Å². The maximum absolute atomic E-state index is 12.0. The highest BCUT2D eigenvalue weighted by Crippen LogP contribution is 2.37. The maximum atomic E-state index is 12.0. The van der Waals surface area contributed by atoms with Crippen molar-refractivity contribution in [3.05, 3.63) is 40.4 Å². The summed E-state index contributed by atoms with van der Waals surface area (Å²) in [6, 6.07) is 0. The molecule has 1 aliphatic heterocycles. The molecule has 0 fully saturated rings. The first kappa shape index (κ1) is 14.6. The zero-order valence-corrected chi connectivity index (χ0v) is 12.8. The van der Waals surface area contributed by atoms with E-state index in [-0.39, 0.29) is 18.0 Å². The van der Waals surface area contributed by atoms with Gasteiger partial charge in [0.15, 0.2) is 6.10 Å². The Morgan fingerprint density at radius 1 is 1.36 bits per heavy atom. The lowest BCUT2D eigenvalue weighted by Crippen LogP contribution is -2.18. The zero-order valence-electron chi connectivity index (χ0n) is 12.8. The fourth-order valence-electron chi connectivity index (χ4n) is 2.92. The topological polar surface area (TPSA) is 65.7 Å². The Morgan fingerprint density at radius 2 is 2.14 bits per heavy atom.